The summed E-state index contributed by atoms with van der Waals surface area (Å²) in [5, 5.41) is 9.90. The summed E-state index contributed by atoms with van der Waals surface area (Å²) in [6.07, 6.45) is 1.72. The van der Waals surface area contributed by atoms with E-state index < -0.39 is 5.57 Å². The van der Waals surface area contributed by atoms with E-state index in [1.165, 1.54) is 24.3 Å². The summed E-state index contributed by atoms with van der Waals surface area (Å²) in [5.74, 6) is 0.282. The van der Waals surface area contributed by atoms with Crippen LogP contribution >= 0.6 is 11.6 Å². The van der Waals surface area contributed by atoms with E-state index >= 15 is 0 Å². The van der Waals surface area contributed by atoms with Gasteiger partial charge in [0.05, 0.1) is 29.5 Å². The third-order valence-corrected chi connectivity index (χ3v) is 5.39. The number of hydrogen-bond donors (Lipinski definition) is 2. The highest BCUT2D eigenvalue weighted by Crippen LogP contribution is 2.33. The molecular weight excluding hydrogens is 456 g/mol. The molecule has 33 heavy (non-hydrogen) atoms. The number of ether oxygens (including phenoxy) is 2. The Balaban J connectivity index is 1.51. The van der Waals surface area contributed by atoms with Crippen LogP contribution in [0.2, 0.25) is 0 Å². The number of aryl methyl sites for hydroxylation is 1. The highest BCUT2D eigenvalue weighted by molar-refractivity contribution is 6.20. The number of hydrogen-bond acceptors (Lipinski definition) is 5. The number of carbonyl (C=O) groups is 1. The van der Waals surface area contributed by atoms with Crippen molar-refractivity contribution in [1.82, 2.24) is 19.7 Å². The zero-order valence-corrected chi connectivity index (χ0v) is 18.1. The molecule has 1 aliphatic heterocycles. The summed E-state index contributed by atoms with van der Waals surface area (Å²) in [6, 6.07) is 8.97. The van der Waals surface area contributed by atoms with Crippen molar-refractivity contribution >= 4 is 34.2 Å². The van der Waals surface area contributed by atoms with Crippen LogP contribution in [0.25, 0.3) is 22.3 Å². The number of amides is 1. The zero-order chi connectivity index (χ0) is 23.2. The fourth-order valence-corrected chi connectivity index (χ4v) is 3.96. The van der Waals surface area contributed by atoms with Crippen LogP contribution < -0.4 is 10.1 Å². The molecule has 2 aromatic carbocycles. The van der Waals surface area contributed by atoms with Crippen LogP contribution in [0, 0.1) is 6.92 Å². The van der Waals surface area contributed by atoms with Gasteiger partial charge in [-0.1, -0.05) is 0 Å². The van der Waals surface area contributed by atoms with Gasteiger partial charge in [-0.3, -0.25) is 9.89 Å². The lowest BCUT2D eigenvalue weighted by atomic mass is 10.0. The van der Waals surface area contributed by atoms with Gasteiger partial charge in [-0.05, 0) is 48.9 Å². The third-order valence-electron chi connectivity index (χ3n) is 5.32. The lowest BCUT2D eigenvalue weighted by Gasteiger charge is -2.16. The molecule has 0 spiro atoms. The summed E-state index contributed by atoms with van der Waals surface area (Å²) >= 11 is 4.78. The van der Waals surface area contributed by atoms with Crippen molar-refractivity contribution in [2.75, 3.05) is 11.9 Å². The number of imidazole rings is 1. The minimum atomic E-state index is -3.81. The van der Waals surface area contributed by atoms with Crippen molar-refractivity contribution < 1.29 is 23.0 Å². The van der Waals surface area contributed by atoms with Gasteiger partial charge in [-0.2, -0.15) is 5.10 Å². The Labute approximate surface area is 191 Å². The lowest BCUT2D eigenvalue weighted by molar-refractivity contribution is -0.0964. The third kappa shape index (κ3) is 4.27. The van der Waals surface area contributed by atoms with Crippen LogP contribution in [0.5, 0.6) is 5.75 Å². The quantitative estimate of drug-likeness (QED) is 0.410. The van der Waals surface area contributed by atoms with Gasteiger partial charge in [-0.25, -0.2) is 4.98 Å². The Bertz CT molecular complexity index is 1340. The number of fused-ring (bicyclic) bond motifs is 3. The van der Waals surface area contributed by atoms with Gasteiger partial charge in [0.25, 0.3) is 5.91 Å². The number of anilines is 1. The van der Waals surface area contributed by atoms with E-state index in [1.807, 2.05) is 6.92 Å². The van der Waals surface area contributed by atoms with Crippen LogP contribution in [-0.4, -0.2) is 37.8 Å². The van der Waals surface area contributed by atoms with Crippen molar-refractivity contribution in [3.8, 4) is 17.0 Å². The van der Waals surface area contributed by atoms with Crippen LogP contribution in [0.3, 0.4) is 0 Å². The Hall–Kier alpha value is -3.50. The molecule has 0 fully saturated rings. The number of nitrogens with zero attached hydrogens (tertiary/aromatic N) is 3. The van der Waals surface area contributed by atoms with Crippen molar-refractivity contribution in [2.45, 2.75) is 25.6 Å². The molecule has 0 unspecified atom stereocenters. The Morgan fingerprint density at radius 3 is 2.79 bits per heavy atom. The van der Waals surface area contributed by atoms with Gasteiger partial charge in [0.1, 0.15) is 18.2 Å². The Morgan fingerprint density at radius 2 is 2.09 bits per heavy atom. The predicted octanol–water partition coefficient (Wildman–Crippen LogP) is 4.69. The zero-order valence-electron chi connectivity index (χ0n) is 17.4. The molecule has 170 valence electrons. The first-order chi connectivity index (χ1) is 15.8. The van der Waals surface area contributed by atoms with Crippen LogP contribution in [0.15, 0.2) is 42.6 Å². The van der Waals surface area contributed by atoms with E-state index in [4.69, 9.17) is 16.3 Å². The van der Waals surface area contributed by atoms with Gasteiger partial charge in [0, 0.05) is 35.0 Å². The maximum Gasteiger partial charge on any atom is 0.487 e. The molecule has 0 atom stereocenters. The molecule has 3 heterocycles. The van der Waals surface area contributed by atoms with Crippen molar-refractivity contribution in [3.05, 3.63) is 59.5 Å². The second-order valence-electron chi connectivity index (χ2n) is 7.58. The summed E-state index contributed by atoms with van der Waals surface area (Å²) in [5.41, 5.74) is 1.09. The molecule has 2 N–H and O–H groups in total. The summed E-state index contributed by atoms with van der Waals surface area (Å²) in [6.45, 7) is 3.57. The van der Waals surface area contributed by atoms with E-state index in [9.17, 15) is 13.6 Å². The standard InChI is InChI=1S/C22H18ClF2N5O3/c1-12-10-26-29-19(12)16-8-13(9-17-20(16)30-6-7-32-11-18(30)28-17)21(31)27-14-2-4-15(5-3-14)33-22(23,24)25/h2-5,8-10H,6-7,11H2,1H3,(H,26,29)(H,27,31). The van der Waals surface area contributed by atoms with Gasteiger partial charge >= 0.3 is 5.57 Å². The largest absolute Gasteiger partial charge is 0.487 e. The first-order valence-electron chi connectivity index (χ1n) is 10.1. The van der Waals surface area contributed by atoms with Crippen molar-refractivity contribution in [3.63, 3.8) is 0 Å². The SMILES string of the molecule is Cc1cn[nH]c1-c1cc(C(=O)Nc2ccc(OC(F)(F)Cl)cc2)cc2nc3n(c12)CCOC3. The number of nitrogens with one attached hydrogen (secondary N) is 2. The fraction of sp³-hybridized carbons (Fsp3) is 0.227. The molecule has 1 aliphatic rings. The van der Waals surface area contributed by atoms with Crippen LogP contribution in [0.1, 0.15) is 21.7 Å². The van der Waals surface area contributed by atoms with E-state index in [-0.39, 0.29) is 11.7 Å². The number of benzene rings is 2. The van der Waals surface area contributed by atoms with E-state index in [1.54, 1.807) is 18.3 Å². The minimum Gasteiger partial charge on any atom is -0.420 e. The fourth-order valence-electron chi connectivity index (χ4n) is 3.87. The predicted molar refractivity (Wildman–Crippen MR) is 118 cm³/mol. The first kappa shape index (κ1) is 21.4. The highest BCUT2D eigenvalue weighted by Gasteiger charge is 2.27. The summed E-state index contributed by atoms with van der Waals surface area (Å²) < 4.78 is 37.5. The van der Waals surface area contributed by atoms with Gasteiger partial charge in [-0.15, -0.1) is 8.78 Å². The number of aromatic nitrogens is 4. The molecule has 5 rings (SSSR count). The molecule has 0 saturated carbocycles. The van der Waals surface area contributed by atoms with E-state index in [2.05, 4.69) is 29.8 Å². The molecule has 4 aromatic rings. The van der Waals surface area contributed by atoms with Crippen molar-refractivity contribution in [2.24, 2.45) is 0 Å². The minimum absolute atomic E-state index is 0.128. The first-order valence-corrected chi connectivity index (χ1v) is 10.4. The molecular formula is C22H18ClF2N5O3. The number of alkyl halides is 3. The number of rotatable bonds is 5. The molecule has 0 bridgehead atoms. The van der Waals surface area contributed by atoms with Crippen molar-refractivity contribution in [1.29, 1.82) is 0 Å². The molecule has 0 saturated heterocycles. The Morgan fingerprint density at radius 1 is 1.30 bits per heavy atom. The van der Waals surface area contributed by atoms with Gasteiger partial charge in [0.2, 0.25) is 0 Å². The van der Waals surface area contributed by atoms with Crippen LogP contribution in [0.4, 0.5) is 14.5 Å². The monoisotopic (exact) mass is 473 g/mol. The second-order valence-corrected chi connectivity index (χ2v) is 8.02. The number of halogens is 3. The average molecular weight is 474 g/mol. The number of carbonyl (C=O) groups excluding carboxylic acids is 1. The summed E-state index contributed by atoms with van der Waals surface area (Å²) in [7, 11) is 0. The number of aromatic amines is 1. The molecule has 0 aliphatic carbocycles. The molecule has 1 amide bonds. The molecule has 11 heteroatoms. The van der Waals surface area contributed by atoms with Gasteiger partial charge < -0.3 is 19.4 Å². The van der Waals surface area contributed by atoms with Gasteiger partial charge in [0.15, 0.2) is 0 Å². The smallest absolute Gasteiger partial charge is 0.420 e. The topological polar surface area (TPSA) is 94.1 Å². The maximum absolute atomic E-state index is 13.1. The van der Waals surface area contributed by atoms with Crippen LogP contribution in [-0.2, 0) is 17.9 Å². The normalized spacial score (nSPS) is 13.7. The molecule has 8 nitrogen and oxygen atoms in total. The average Bonchev–Trinajstić information content (AvgIpc) is 3.36. The maximum atomic E-state index is 13.1. The molecule has 0 radical (unpaired) electrons. The Kier molecular flexibility index (Phi) is 5.26. The lowest BCUT2D eigenvalue weighted by Crippen LogP contribution is -2.17. The highest BCUT2D eigenvalue weighted by atomic mass is 35.5. The number of H-pyrrole nitrogens is 1. The van der Waals surface area contributed by atoms with E-state index in [0.29, 0.717) is 36.5 Å². The summed E-state index contributed by atoms with van der Waals surface area (Å²) in [4.78, 5) is 17.7. The van der Waals surface area contributed by atoms with E-state index in [0.717, 1.165) is 28.2 Å². The molecule has 2 aromatic heterocycles. The second kappa shape index (κ2) is 8.13.